The van der Waals surface area contributed by atoms with Crippen LogP contribution in [-0.2, 0) is 25.7 Å². The molecule has 0 N–H and O–H groups in total. The molecule has 0 amide bonds. The SMILES string of the molecule is Cc1ccc(C(=O)COC(=O)C2CCN(S(=O)(=O)c3cccc(C(F)(F)F)c3)CC2)cc1. The lowest BCUT2D eigenvalue weighted by molar-refractivity contribution is -0.148. The molecule has 0 unspecified atom stereocenters. The predicted octanol–water partition coefficient (Wildman–Crippen LogP) is 3.84. The Labute approximate surface area is 184 Å². The van der Waals surface area contributed by atoms with E-state index in [2.05, 4.69) is 0 Å². The summed E-state index contributed by atoms with van der Waals surface area (Å²) in [6, 6.07) is 10.4. The zero-order chi connectivity index (χ0) is 23.5. The molecule has 2 aromatic carbocycles. The number of esters is 1. The molecule has 0 radical (unpaired) electrons. The average Bonchev–Trinajstić information content (AvgIpc) is 2.77. The second-order valence-electron chi connectivity index (χ2n) is 7.60. The van der Waals surface area contributed by atoms with Crippen LogP contribution < -0.4 is 0 Å². The maximum Gasteiger partial charge on any atom is 0.416 e. The van der Waals surface area contributed by atoms with Crippen LogP contribution in [0, 0.1) is 12.8 Å². The molecule has 1 aliphatic rings. The van der Waals surface area contributed by atoms with Gasteiger partial charge in [-0.3, -0.25) is 9.59 Å². The summed E-state index contributed by atoms with van der Waals surface area (Å²) in [6.07, 6.45) is -4.36. The standard InChI is InChI=1S/C22H22F3NO5S/c1-15-5-7-16(8-6-15)20(27)14-31-21(28)17-9-11-26(12-10-17)32(29,30)19-4-2-3-18(13-19)22(23,24)25/h2-8,13,17H,9-12,14H2,1H3. The third-order valence-electron chi connectivity index (χ3n) is 5.31. The van der Waals surface area contributed by atoms with Crippen molar-refractivity contribution < 1.29 is 35.9 Å². The number of benzene rings is 2. The van der Waals surface area contributed by atoms with Gasteiger partial charge in [-0.1, -0.05) is 35.9 Å². The van der Waals surface area contributed by atoms with Crippen LogP contribution >= 0.6 is 0 Å². The molecule has 1 fully saturated rings. The van der Waals surface area contributed by atoms with Crippen molar-refractivity contribution in [3.8, 4) is 0 Å². The minimum atomic E-state index is -4.65. The number of halogens is 3. The molecule has 2 aromatic rings. The van der Waals surface area contributed by atoms with E-state index < -0.39 is 45.2 Å². The summed E-state index contributed by atoms with van der Waals surface area (Å²) in [5.74, 6) is -1.53. The maximum atomic E-state index is 12.9. The highest BCUT2D eigenvalue weighted by atomic mass is 32.2. The first-order valence-corrected chi connectivity index (χ1v) is 11.4. The molecule has 172 valence electrons. The highest BCUT2D eigenvalue weighted by Crippen LogP contribution is 2.32. The number of sulfonamides is 1. The number of nitrogens with zero attached hydrogens (tertiary/aromatic N) is 1. The molecule has 32 heavy (non-hydrogen) atoms. The van der Waals surface area contributed by atoms with Gasteiger partial charge in [0.1, 0.15) is 0 Å². The summed E-state index contributed by atoms with van der Waals surface area (Å²) < 4.78 is 70.4. The fourth-order valence-electron chi connectivity index (χ4n) is 3.39. The van der Waals surface area contributed by atoms with Gasteiger partial charge in [0.25, 0.3) is 0 Å². The van der Waals surface area contributed by atoms with Gasteiger partial charge in [0.05, 0.1) is 16.4 Å². The molecule has 0 spiro atoms. The smallest absolute Gasteiger partial charge is 0.416 e. The first-order valence-electron chi connectivity index (χ1n) is 9.92. The van der Waals surface area contributed by atoms with Crippen molar-refractivity contribution in [1.82, 2.24) is 4.31 Å². The van der Waals surface area contributed by atoms with Gasteiger partial charge in [-0.15, -0.1) is 0 Å². The maximum absolute atomic E-state index is 12.9. The van der Waals surface area contributed by atoms with Gasteiger partial charge in [0, 0.05) is 18.7 Å². The van der Waals surface area contributed by atoms with Crippen LogP contribution in [0.25, 0.3) is 0 Å². The number of rotatable bonds is 6. The largest absolute Gasteiger partial charge is 0.457 e. The number of ether oxygens (including phenoxy) is 1. The van der Waals surface area contributed by atoms with E-state index in [0.717, 1.165) is 28.1 Å². The van der Waals surface area contributed by atoms with E-state index in [-0.39, 0.29) is 31.7 Å². The van der Waals surface area contributed by atoms with Crippen molar-refractivity contribution in [3.05, 3.63) is 65.2 Å². The summed E-state index contributed by atoms with van der Waals surface area (Å²) in [6.45, 7) is 1.40. The molecular formula is C22H22F3NO5S. The molecule has 10 heteroatoms. The zero-order valence-corrected chi connectivity index (χ0v) is 18.1. The van der Waals surface area contributed by atoms with Crippen LogP contribution in [0.5, 0.6) is 0 Å². The second-order valence-corrected chi connectivity index (χ2v) is 9.54. The minimum Gasteiger partial charge on any atom is -0.457 e. The fourth-order valence-corrected chi connectivity index (χ4v) is 4.91. The second kappa shape index (κ2) is 9.41. The molecule has 0 aromatic heterocycles. The van der Waals surface area contributed by atoms with Crippen molar-refractivity contribution in [1.29, 1.82) is 0 Å². The molecule has 1 aliphatic heterocycles. The van der Waals surface area contributed by atoms with E-state index in [0.29, 0.717) is 11.6 Å². The molecule has 0 bridgehead atoms. The van der Waals surface area contributed by atoms with Crippen LogP contribution in [0.3, 0.4) is 0 Å². The van der Waals surface area contributed by atoms with Gasteiger partial charge in [0.15, 0.2) is 12.4 Å². The van der Waals surface area contributed by atoms with Gasteiger partial charge >= 0.3 is 12.1 Å². The molecule has 6 nitrogen and oxygen atoms in total. The molecule has 0 aliphatic carbocycles. The van der Waals surface area contributed by atoms with Crippen molar-refractivity contribution in [2.24, 2.45) is 5.92 Å². The van der Waals surface area contributed by atoms with E-state index in [9.17, 15) is 31.2 Å². The Bertz CT molecular complexity index is 1090. The Morgan fingerprint density at radius 3 is 2.28 bits per heavy atom. The predicted molar refractivity (Wildman–Crippen MR) is 109 cm³/mol. The van der Waals surface area contributed by atoms with E-state index in [1.165, 1.54) is 0 Å². The number of aryl methyl sites for hydroxylation is 1. The molecule has 0 atom stereocenters. The number of carbonyl (C=O) groups is 2. The molecular weight excluding hydrogens is 447 g/mol. The van der Waals surface area contributed by atoms with E-state index in [1.54, 1.807) is 24.3 Å². The quantitative estimate of drug-likeness (QED) is 0.474. The number of hydrogen-bond acceptors (Lipinski definition) is 5. The fraction of sp³-hybridized carbons (Fsp3) is 0.364. The van der Waals surface area contributed by atoms with Gasteiger partial charge in [-0.2, -0.15) is 17.5 Å². The molecule has 0 saturated carbocycles. The Kier molecular flexibility index (Phi) is 7.04. The summed E-state index contributed by atoms with van der Waals surface area (Å²) in [5, 5.41) is 0. The molecule has 1 heterocycles. The van der Waals surface area contributed by atoms with Crippen molar-refractivity contribution >= 4 is 21.8 Å². The van der Waals surface area contributed by atoms with Gasteiger partial charge in [-0.25, -0.2) is 8.42 Å². The van der Waals surface area contributed by atoms with Crippen LogP contribution in [0.1, 0.15) is 34.3 Å². The summed E-state index contributed by atoms with van der Waals surface area (Å²) in [4.78, 5) is 24.0. The van der Waals surface area contributed by atoms with Gasteiger partial charge < -0.3 is 4.74 Å². The summed E-state index contributed by atoms with van der Waals surface area (Å²) in [7, 11) is -4.13. The van der Waals surface area contributed by atoms with E-state index >= 15 is 0 Å². The third-order valence-corrected chi connectivity index (χ3v) is 7.20. The van der Waals surface area contributed by atoms with Crippen LogP contribution in [0.2, 0.25) is 0 Å². The topological polar surface area (TPSA) is 80.8 Å². The zero-order valence-electron chi connectivity index (χ0n) is 17.3. The van der Waals surface area contributed by atoms with Crippen LogP contribution in [-0.4, -0.2) is 44.2 Å². The lowest BCUT2D eigenvalue weighted by Crippen LogP contribution is -2.40. The number of piperidine rings is 1. The lowest BCUT2D eigenvalue weighted by atomic mass is 9.98. The third kappa shape index (κ3) is 5.55. The summed E-state index contributed by atoms with van der Waals surface area (Å²) in [5.41, 5.74) is 0.367. The Morgan fingerprint density at radius 1 is 1.06 bits per heavy atom. The number of hydrogen-bond donors (Lipinski definition) is 0. The van der Waals surface area contributed by atoms with Crippen molar-refractivity contribution in [3.63, 3.8) is 0 Å². The Hall–Kier alpha value is -2.72. The number of alkyl halides is 3. The minimum absolute atomic E-state index is 0.0374. The molecule has 1 saturated heterocycles. The van der Waals surface area contributed by atoms with Crippen LogP contribution in [0.4, 0.5) is 13.2 Å². The van der Waals surface area contributed by atoms with E-state index in [1.807, 2.05) is 6.92 Å². The average molecular weight is 469 g/mol. The first kappa shape index (κ1) is 23.9. The lowest BCUT2D eigenvalue weighted by Gasteiger charge is -2.30. The Morgan fingerprint density at radius 2 is 1.69 bits per heavy atom. The van der Waals surface area contributed by atoms with Crippen LogP contribution in [0.15, 0.2) is 53.4 Å². The summed E-state index contributed by atoms with van der Waals surface area (Å²) >= 11 is 0. The Balaban J connectivity index is 1.56. The number of Topliss-reactive ketones (excluding diaryl/α,β-unsaturated/α-hetero) is 1. The van der Waals surface area contributed by atoms with Gasteiger partial charge in [-0.05, 0) is 38.0 Å². The first-order chi connectivity index (χ1) is 15.0. The van der Waals surface area contributed by atoms with E-state index in [4.69, 9.17) is 4.74 Å². The highest BCUT2D eigenvalue weighted by Gasteiger charge is 2.35. The van der Waals surface area contributed by atoms with Gasteiger partial charge in [0.2, 0.25) is 10.0 Å². The molecule has 3 rings (SSSR count). The highest BCUT2D eigenvalue weighted by molar-refractivity contribution is 7.89. The van der Waals surface area contributed by atoms with Crippen molar-refractivity contribution in [2.45, 2.75) is 30.8 Å². The van der Waals surface area contributed by atoms with Crippen molar-refractivity contribution in [2.75, 3.05) is 19.7 Å². The monoisotopic (exact) mass is 469 g/mol. The number of ketones is 1. The number of carbonyl (C=O) groups excluding carboxylic acids is 2. The normalized spacial score (nSPS) is 16.0.